The van der Waals surface area contributed by atoms with Crippen molar-refractivity contribution in [2.24, 2.45) is 0 Å². The Balaban J connectivity index is 0. The number of carboxylic acid groups (broad SMARTS) is 1. The molecule has 12 heavy (non-hydrogen) atoms. The second-order valence-electron chi connectivity index (χ2n) is 2.18. The van der Waals surface area contributed by atoms with Crippen LogP contribution in [-0.4, -0.2) is 42.3 Å². The summed E-state index contributed by atoms with van der Waals surface area (Å²) in [6.45, 7) is -1.79. The van der Waals surface area contributed by atoms with Gasteiger partial charge in [0.25, 0.3) is 0 Å². The molecule has 0 fully saturated rings. The summed E-state index contributed by atoms with van der Waals surface area (Å²) in [5.41, 5.74) is 0. The molecule has 0 amide bonds. The van der Waals surface area contributed by atoms with Crippen LogP contribution in [0.2, 0.25) is 0 Å². The van der Waals surface area contributed by atoms with Crippen LogP contribution in [0.25, 0.3) is 0 Å². The molecule has 0 aliphatic heterocycles. The van der Waals surface area contributed by atoms with Gasteiger partial charge in [0.2, 0.25) is 0 Å². The molecular formula is C5H9ClF3NO2. The number of alkyl halides is 3. The predicted octanol–water partition coefficient (Wildman–Crippen LogP) is 0.987. The Labute approximate surface area is 73.6 Å². The number of halogens is 4. The quantitative estimate of drug-likeness (QED) is 0.750. The van der Waals surface area contributed by atoms with E-state index in [9.17, 15) is 18.0 Å². The molecule has 3 nitrogen and oxygen atoms in total. The first kappa shape index (κ1) is 14.1. The second-order valence-corrected chi connectivity index (χ2v) is 2.18. The molecule has 0 saturated carbocycles. The topological polar surface area (TPSA) is 40.5 Å². The normalized spacial score (nSPS) is 11.1. The third kappa shape index (κ3) is 9.51. The number of hydrogen-bond acceptors (Lipinski definition) is 2. The van der Waals surface area contributed by atoms with Crippen LogP contribution in [0.15, 0.2) is 0 Å². The molecule has 0 heterocycles. The van der Waals surface area contributed by atoms with Gasteiger partial charge in [-0.3, -0.25) is 9.69 Å². The van der Waals surface area contributed by atoms with E-state index in [4.69, 9.17) is 5.11 Å². The predicted molar refractivity (Wildman–Crippen MR) is 38.4 cm³/mol. The number of aliphatic carboxylic acids is 1. The molecule has 0 unspecified atom stereocenters. The van der Waals surface area contributed by atoms with Crippen molar-refractivity contribution < 1.29 is 23.1 Å². The van der Waals surface area contributed by atoms with E-state index in [0.29, 0.717) is 4.90 Å². The number of likely N-dealkylation sites (N-methyl/N-ethyl adjacent to an activating group) is 1. The zero-order chi connectivity index (χ0) is 9.07. The van der Waals surface area contributed by atoms with Crippen molar-refractivity contribution in [2.75, 3.05) is 20.1 Å². The summed E-state index contributed by atoms with van der Waals surface area (Å²) >= 11 is 0. The number of carboxylic acids is 1. The van der Waals surface area contributed by atoms with Gasteiger partial charge in [-0.25, -0.2) is 0 Å². The van der Waals surface area contributed by atoms with Gasteiger partial charge in [0.05, 0.1) is 13.1 Å². The van der Waals surface area contributed by atoms with E-state index in [2.05, 4.69) is 0 Å². The molecular weight excluding hydrogens is 199 g/mol. The summed E-state index contributed by atoms with van der Waals surface area (Å²) in [7, 11) is 1.10. The lowest BCUT2D eigenvalue weighted by atomic mass is 10.5. The molecule has 0 rings (SSSR count). The van der Waals surface area contributed by atoms with Gasteiger partial charge >= 0.3 is 12.1 Å². The molecule has 0 aliphatic carbocycles. The summed E-state index contributed by atoms with van der Waals surface area (Å²) < 4.78 is 34.6. The minimum atomic E-state index is -4.33. The highest BCUT2D eigenvalue weighted by Crippen LogP contribution is 2.14. The van der Waals surface area contributed by atoms with Gasteiger partial charge in [-0.2, -0.15) is 13.2 Å². The fourth-order valence-electron chi connectivity index (χ4n) is 0.593. The Morgan fingerprint density at radius 3 is 2.17 bits per heavy atom. The Morgan fingerprint density at radius 2 is 1.92 bits per heavy atom. The van der Waals surface area contributed by atoms with Gasteiger partial charge < -0.3 is 5.11 Å². The zero-order valence-electron chi connectivity index (χ0n) is 6.26. The Kier molecular flexibility index (Phi) is 6.10. The molecule has 7 heteroatoms. The summed E-state index contributed by atoms with van der Waals surface area (Å²) in [5, 5.41) is 8.07. The van der Waals surface area contributed by atoms with Crippen molar-refractivity contribution >= 4 is 18.4 Å². The lowest BCUT2D eigenvalue weighted by Gasteiger charge is -2.15. The highest BCUT2D eigenvalue weighted by Gasteiger charge is 2.29. The van der Waals surface area contributed by atoms with Crippen molar-refractivity contribution in [3.8, 4) is 0 Å². The second kappa shape index (κ2) is 5.21. The highest BCUT2D eigenvalue weighted by molar-refractivity contribution is 5.85. The van der Waals surface area contributed by atoms with Crippen LogP contribution in [0.1, 0.15) is 0 Å². The average molecular weight is 208 g/mol. The molecule has 0 radical (unpaired) electrons. The minimum absolute atomic E-state index is 0. The van der Waals surface area contributed by atoms with E-state index < -0.39 is 25.2 Å². The van der Waals surface area contributed by atoms with Crippen LogP contribution < -0.4 is 0 Å². The van der Waals surface area contributed by atoms with Crippen LogP contribution in [0.3, 0.4) is 0 Å². The van der Waals surface area contributed by atoms with Crippen LogP contribution in [0.5, 0.6) is 0 Å². The number of rotatable bonds is 3. The maximum Gasteiger partial charge on any atom is 0.401 e. The largest absolute Gasteiger partial charge is 0.480 e. The monoisotopic (exact) mass is 207 g/mol. The Bertz CT molecular complexity index is 150. The van der Waals surface area contributed by atoms with Crippen molar-refractivity contribution in [1.29, 1.82) is 0 Å². The van der Waals surface area contributed by atoms with E-state index in [1.165, 1.54) is 0 Å². The maximum absolute atomic E-state index is 11.5. The van der Waals surface area contributed by atoms with Crippen molar-refractivity contribution in [2.45, 2.75) is 6.18 Å². The van der Waals surface area contributed by atoms with Crippen molar-refractivity contribution in [3.05, 3.63) is 0 Å². The van der Waals surface area contributed by atoms with Crippen LogP contribution in [-0.2, 0) is 4.79 Å². The van der Waals surface area contributed by atoms with Gasteiger partial charge in [-0.15, -0.1) is 12.4 Å². The first-order chi connectivity index (χ1) is 4.81. The molecule has 0 aliphatic rings. The molecule has 0 bridgehead atoms. The minimum Gasteiger partial charge on any atom is -0.480 e. The zero-order valence-corrected chi connectivity index (χ0v) is 7.08. The summed E-state index contributed by atoms with van der Waals surface area (Å²) in [6.07, 6.45) is -4.33. The van der Waals surface area contributed by atoms with Crippen LogP contribution in [0, 0.1) is 0 Å². The smallest absolute Gasteiger partial charge is 0.401 e. The van der Waals surface area contributed by atoms with Crippen molar-refractivity contribution in [1.82, 2.24) is 4.90 Å². The molecule has 0 spiro atoms. The first-order valence-electron chi connectivity index (χ1n) is 2.78. The summed E-state index contributed by atoms with van der Waals surface area (Å²) in [5.74, 6) is -1.27. The van der Waals surface area contributed by atoms with E-state index in [1.54, 1.807) is 0 Å². The number of carbonyl (C=O) groups is 1. The van der Waals surface area contributed by atoms with Gasteiger partial charge in [0.1, 0.15) is 0 Å². The Hall–Kier alpha value is -0.490. The fourth-order valence-corrected chi connectivity index (χ4v) is 0.593. The Morgan fingerprint density at radius 1 is 1.50 bits per heavy atom. The van der Waals surface area contributed by atoms with Gasteiger partial charge in [-0.1, -0.05) is 0 Å². The molecule has 0 aromatic heterocycles. The van der Waals surface area contributed by atoms with Gasteiger partial charge in [0.15, 0.2) is 0 Å². The lowest BCUT2D eigenvalue weighted by Crippen LogP contribution is -2.34. The van der Waals surface area contributed by atoms with E-state index in [0.717, 1.165) is 7.05 Å². The lowest BCUT2D eigenvalue weighted by molar-refractivity contribution is -0.151. The summed E-state index contributed by atoms with van der Waals surface area (Å²) in [4.78, 5) is 10.6. The molecule has 0 atom stereocenters. The molecule has 0 aromatic rings. The first-order valence-corrected chi connectivity index (χ1v) is 2.78. The number of nitrogens with zero attached hydrogens (tertiary/aromatic N) is 1. The maximum atomic E-state index is 11.5. The fraction of sp³-hybridized carbons (Fsp3) is 0.800. The van der Waals surface area contributed by atoms with E-state index in [1.807, 2.05) is 0 Å². The molecule has 1 N–H and O–H groups in total. The third-order valence-corrected chi connectivity index (χ3v) is 0.854. The van der Waals surface area contributed by atoms with E-state index in [-0.39, 0.29) is 12.4 Å². The van der Waals surface area contributed by atoms with Crippen LogP contribution >= 0.6 is 12.4 Å². The molecule has 74 valence electrons. The highest BCUT2D eigenvalue weighted by atomic mass is 35.5. The summed E-state index contributed by atoms with van der Waals surface area (Å²) in [6, 6.07) is 0. The van der Waals surface area contributed by atoms with E-state index >= 15 is 0 Å². The standard InChI is InChI=1S/C5H8F3NO2.ClH/c1-9(2-4(10)11)3-5(6,7)8;/h2-3H2,1H3,(H,10,11);1H. The SMILES string of the molecule is CN(CC(=O)O)CC(F)(F)F.Cl. The molecule has 0 saturated heterocycles. The van der Waals surface area contributed by atoms with Crippen LogP contribution in [0.4, 0.5) is 13.2 Å². The number of hydrogen-bond donors (Lipinski definition) is 1. The molecule has 0 aromatic carbocycles. The third-order valence-electron chi connectivity index (χ3n) is 0.854. The van der Waals surface area contributed by atoms with Crippen molar-refractivity contribution in [3.63, 3.8) is 0 Å². The van der Waals surface area contributed by atoms with Gasteiger partial charge in [-0.05, 0) is 7.05 Å². The average Bonchev–Trinajstić information content (AvgIpc) is 1.53. The van der Waals surface area contributed by atoms with Gasteiger partial charge in [0, 0.05) is 0 Å².